The molecular formula is C10H15N3OS. The molecule has 3 rings (SSSR count). The zero-order valence-electron chi connectivity index (χ0n) is 8.61. The van der Waals surface area contributed by atoms with Gasteiger partial charge in [-0.15, -0.1) is 0 Å². The summed E-state index contributed by atoms with van der Waals surface area (Å²) in [5.41, 5.74) is 5.74. The summed E-state index contributed by atoms with van der Waals surface area (Å²) in [5, 5.41) is 0. The van der Waals surface area contributed by atoms with Gasteiger partial charge in [-0.2, -0.15) is 16.8 Å². The van der Waals surface area contributed by atoms with E-state index in [-0.39, 0.29) is 11.6 Å². The van der Waals surface area contributed by atoms with Crippen molar-refractivity contribution in [2.24, 2.45) is 10.7 Å². The molecule has 1 unspecified atom stereocenters. The number of hydrogen-bond acceptors (Lipinski definition) is 3. The van der Waals surface area contributed by atoms with E-state index >= 15 is 0 Å². The van der Waals surface area contributed by atoms with Crippen LogP contribution in [0.25, 0.3) is 0 Å². The number of urea groups is 1. The highest BCUT2D eigenvalue weighted by atomic mass is 32.2. The standard InChI is InChI=1S/C10H15N3OS/c11-8-10(4-1-5-15-6-10)13(7-2-3-7)9(14)12-8/h7H,1-6H2,(H2,11,12,14). The maximum atomic E-state index is 11.8. The van der Waals surface area contributed by atoms with Gasteiger partial charge in [0.05, 0.1) is 0 Å². The van der Waals surface area contributed by atoms with E-state index in [4.69, 9.17) is 5.73 Å². The lowest BCUT2D eigenvalue weighted by Crippen LogP contribution is -2.58. The number of carbonyl (C=O) groups excluding carboxylic acids is 1. The third kappa shape index (κ3) is 1.29. The Kier molecular flexibility index (Phi) is 1.99. The van der Waals surface area contributed by atoms with Gasteiger partial charge in [0.25, 0.3) is 0 Å². The van der Waals surface area contributed by atoms with Crippen molar-refractivity contribution in [1.82, 2.24) is 4.90 Å². The van der Waals surface area contributed by atoms with Gasteiger partial charge in [-0.25, -0.2) is 4.79 Å². The van der Waals surface area contributed by atoms with Crippen molar-refractivity contribution in [2.45, 2.75) is 37.3 Å². The van der Waals surface area contributed by atoms with E-state index in [2.05, 4.69) is 4.99 Å². The second-order valence-electron chi connectivity index (χ2n) is 4.57. The second kappa shape index (κ2) is 3.14. The molecule has 0 aromatic carbocycles. The van der Waals surface area contributed by atoms with Gasteiger partial charge in [0.1, 0.15) is 11.4 Å². The zero-order chi connectivity index (χ0) is 10.5. The molecular weight excluding hydrogens is 210 g/mol. The van der Waals surface area contributed by atoms with Crippen LogP contribution in [0.1, 0.15) is 25.7 Å². The number of amides is 2. The van der Waals surface area contributed by atoms with E-state index < -0.39 is 0 Å². The zero-order valence-corrected chi connectivity index (χ0v) is 9.42. The van der Waals surface area contributed by atoms with E-state index in [1.807, 2.05) is 16.7 Å². The molecule has 0 bridgehead atoms. The van der Waals surface area contributed by atoms with Crippen LogP contribution in [0, 0.1) is 0 Å². The summed E-state index contributed by atoms with van der Waals surface area (Å²) < 4.78 is 0. The Morgan fingerprint density at radius 2 is 2.33 bits per heavy atom. The first kappa shape index (κ1) is 9.51. The Hall–Kier alpha value is -0.710. The maximum absolute atomic E-state index is 11.8. The summed E-state index contributed by atoms with van der Waals surface area (Å²) in [5.74, 6) is 2.68. The number of rotatable bonds is 1. The number of hydrogen-bond donors (Lipinski definition) is 1. The molecule has 1 saturated heterocycles. The Labute approximate surface area is 93.3 Å². The average Bonchev–Trinajstić information content (AvgIpc) is 3.00. The summed E-state index contributed by atoms with van der Waals surface area (Å²) in [6, 6.07) is 0.318. The van der Waals surface area contributed by atoms with Crippen LogP contribution in [0.2, 0.25) is 0 Å². The van der Waals surface area contributed by atoms with Gasteiger partial charge in [0.2, 0.25) is 0 Å². The van der Waals surface area contributed by atoms with Gasteiger partial charge < -0.3 is 10.6 Å². The first-order valence-electron chi connectivity index (χ1n) is 5.50. The third-order valence-electron chi connectivity index (χ3n) is 3.49. The predicted molar refractivity (Wildman–Crippen MR) is 61.2 cm³/mol. The number of nitrogens with zero attached hydrogens (tertiary/aromatic N) is 2. The van der Waals surface area contributed by atoms with Crippen molar-refractivity contribution >= 4 is 23.6 Å². The van der Waals surface area contributed by atoms with Crippen molar-refractivity contribution < 1.29 is 4.79 Å². The Balaban J connectivity index is 1.95. The fraction of sp³-hybridized carbons (Fsp3) is 0.800. The van der Waals surface area contributed by atoms with Gasteiger partial charge in [-0.3, -0.25) is 0 Å². The van der Waals surface area contributed by atoms with Crippen molar-refractivity contribution in [3.63, 3.8) is 0 Å². The first-order chi connectivity index (χ1) is 7.24. The molecule has 2 N–H and O–H groups in total. The molecule has 0 aromatic heterocycles. The van der Waals surface area contributed by atoms with Gasteiger partial charge in [-0.05, 0) is 31.4 Å². The highest BCUT2D eigenvalue weighted by Gasteiger charge is 2.54. The largest absolute Gasteiger partial charge is 0.385 e. The van der Waals surface area contributed by atoms with Crippen LogP contribution in [0.5, 0.6) is 0 Å². The molecule has 1 spiro atoms. The molecule has 0 aromatic rings. The van der Waals surface area contributed by atoms with E-state index in [0.29, 0.717) is 11.9 Å². The van der Waals surface area contributed by atoms with Crippen molar-refractivity contribution in [2.75, 3.05) is 11.5 Å². The molecule has 1 aliphatic carbocycles. The van der Waals surface area contributed by atoms with Gasteiger partial charge >= 0.3 is 6.03 Å². The SMILES string of the molecule is NC1=NC(=O)N(C2CC2)C12CCCSC2. The molecule has 1 saturated carbocycles. The van der Waals surface area contributed by atoms with E-state index in [1.54, 1.807) is 0 Å². The molecule has 4 nitrogen and oxygen atoms in total. The molecule has 0 radical (unpaired) electrons. The molecule has 2 aliphatic heterocycles. The summed E-state index contributed by atoms with van der Waals surface area (Å²) in [4.78, 5) is 17.7. The smallest absolute Gasteiger partial charge is 0.346 e. The fourth-order valence-corrected chi connectivity index (χ4v) is 3.84. The first-order valence-corrected chi connectivity index (χ1v) is 6.65. The summed E-state index contributed by atoms with van der Waals surface area (Å²) in [6.45, 7) is 0. The normalized spacial score (nSPS) is 36.1. The quantitative estimate of drug-likeness (QED) is 0.729. The van der Waals surface area contributed by atoms with Crippen LogP contribution in [0.4, 0.5) is 4.79 Å². The summed E-state index contributed by atoms with van der Waals surface area (Å²) in [6.07, 6.45) is 4.39. The molecule has 3 aliphatic rings. The predicted octanol–water partition coefficient (Wildman–Crippen LogP) is 1.21. The minimum absolute atomic E-state index is 0.0995. The number of thioether (sulfide) groups is 1. The molecule has 15 heavy (non-hydrogen) atoms. The van der Waals surface area contributed by atoms with E-state index in [9.17, 15) is 4.79 Å². The van der Waals surface area contributed by atoms with Gasteiger partial charge in [0, 0.05) is 11.8 Å². The molecule has 82 valence electrons. The lowest BCUT2D eigenvalue weighted by molar-refractivity contribution is 0.168. The Morgan fingerprint density at radius 1 is 1.53 bits per heavy atom. The van der Waals surface area contributed by atoms with Crippen molar-refractivity contribution in [1.29, 1.82) is 0 Å². The van der Waals surface area contributed by atoms with Crippen LogP contribution in [0.3, 0.4) is 0 Å². The van der Waals surface area contributed by atoms with Crippen LogP contribution >= 0.6 is 11.8 Å². The Morgan fingerprint density at radius 3 is 2.93 bits per heavy atom. The number of nitrogens with two attached hydrogens (primary N) is 1. The van der Waals surface area contributed by atoms with Crippen LogP contribution in [-0.2, 0) is 0 Å². The highest BCUT2D eigenvalue weighted by molar-refractivity contribution is 7.99. The lowest BCUT2D eigenvalue weighted by atomic mass is 9.93. The van der Waals surface area contributed by atoms with Crippen LogP contribution in [0.15, 0.2) is 4.99 Å². The molecule has 5 heteroatoms. The minimum atomic E-state index is -0.221. The monoisotopic (exact) mass is 225 g/mol. The lowest BCUT2D eigenvalue weighted by Gasteiger charge is -2.40. The van der Waals surface area contributed by atoms with Crippen LogP contribution < -0.4 is 5.73 Å². The third-order valence-corrected chi connectivity index (χ3v) is 4.75. The summed E-state index contributed by atoms with van der Waals surface area (Å²) >= 11 is 1.89. The summed E-state index contributed by atoms with van der Waals surface area (Å²) in [7, 11) is 0. The van der Waals surface area contributed by atoms with Crippen LogP contribution in [-0.4, -0.2) is 39.9 Å². The van der Waals surface area contributed by atoms with Gasteiger partial charge in [-0.1, -0.05) is 0 Å². The minimum Gasteiger partial charge on any atom is -0.385 e. The molecule has 1 atom stereocenters. The fourth-order valence-electron chi connectivity index (χ4n) is 2.58. The van der Waals surface area contributed by atoms with Crippen molar-refractivity contribution in [3.8, 4) is 0 Å². The van der Waals surface area contributed by atoms with Gasteiger partial charge in [0.15, 0.2) is 0 Å². The number of amidine groups is 1. The molecule has 2 heterocycles. The Bertz CT molecular complexity index is 332. The number of aliphatic imine (C=N–C) groups is 1. The molecule has 2 amide bonds. The topological polar surface area (TPSA) is 58.7 Å². The average molecular weight is 225 g/mol. The second-order valence-corrected chi connectivity index (χ2v) is 5.67. The van der Waals surface area contributed by atoms with Crippen molar-refractivity contribution in [3.05, 3.63) is 0 Å². The number of carbonyl (C=O) groups is 1. The van der Waals surface area contributed by atoms with E-state index in [0.717, 1.165) is 31.4 Å². The van der Waals surface area contributed by atoms with E-state index in [1.165, 1.54) is 5.75 Å². The highest BCUT2D eigenvalue weighted by Crippen LogP contribution is 2.42. The maximum Gasteiger partial charge on any atom is 0.346 e. The molecule has 2 fully saturated rings.